The van der Waals surface area contributed by atoms with Crippen molar-refractivity contribution in [1.29, 1.82) is 0 Å². The minimum atomic E-state index is -1.44. The quantitative estimate of drug-likeness (QED) is 0.414. The number of halogens is 1. The van der Waals surface area contributed by atoms with Crippen molar-refractivity contribution in [1.82, 2.24) is 24.5 Å². The molecule has 1 atom stereocenters. The fourth-order valence-electron chi connectivity index (χ4n) is 5.31. The number of carboxylic acids is 1. The highest BCUT2D eigenvalue weighted by atomic mass is 19.1. The molecule has 2 aliphatic rings. The predicted octanol–water partition coefficient (Wildman–Crippen LogP) is 3.01. The molecule has 38 heavy (non-hydrogen) atoms. The lowest BCUT2D eigenvalue weighted by Crippen LogP contribution is -2.50. The number of hydrogen-bond acceptors (Lipinski definition) is 7. The van der Waals surface area contributed by atoms with Crippen LogP contribution in [0.4, 0.5) is 16.0 Å². The topological polar surface area (TPSA) is 107 Å². The first kappa shape index (κ1) is 23.8. The third kappa shape index (κ3) is 4.40. The zero-order valence-electron chi connectivity index (χ0n) is 20.6. The second kappa shape index (κ2) is 9.73. The van der Waals surface area contributed by atoms with Gasteiger partial charge in [-0.1, -0.05) is 18.2 Å². The zero-order valence-corrected chi connectivity index (χ0v) is 20.6. The number of hydrogen-bond donors (Lipinski definition) is 1. The highest BCUT2D eigenvalue weighted by Crippen LogP contribution is 2.35. The van der Waals surface area contributed by atoms with Crippen LogP contribution in [0.3, 0.4) is 0 Å². The number of amides is 1. The maximum atomic E-state index is 13.9. The molecule has 0 aliphatic carbocycles. The molecule has 5 heterocycles. The van der Waals surface area contributed by atoms with Crippen LogP contribution in [0, 0.1) is 5.82 Å². The number of carboxylic acid groups (broad SMARTS) is 1. The standard InChI is InChI=1S/C27H26FN7O3/c28-19-5-1-4-18(16-19)21-7-3-11-34(21)25-10-9-23-29-17-22(35(23)31-25)20-6-2-8-24(30-20)32-12-14-33(15-13-32)26(36)27(37)38/h1-2,4-6,8-10,16-17,21H,3,7,11-15H2,(H,37,38). The zero-order chi connectivity index (χ0) is 26.2. The maximum Gasteiger partial charge on any atom is 0.394 e. The van der Waals surface area contributed by atoms with E-state index in [9.17, 15) is 14.0 Å². The average molecular weight is 516 g/mol. The van der Waals surface area contributed by atoms with Crippen molar-refractivity contribution >= 4 is 29.2 Å². The Hall–Kier alpha value is -4.54. The fourth-order valence-corrected chi connectivity index (χ4v) is 5.31. The lowest BCUT2D eigenvalue weighted by Gasteiger charge is -2.34. The Morgan fingerprint density at radius 1 is 0.947 bits per heavy atom. The fraction of sp³-hybridized carbons (Fsp3) is 0.296. The van der Waals surface area contributed by atoms with Crippen LogP contribution < -0.4 is 9.80 Å². The summed E-state index contributed by atoms with van der Waals surface area (Å²) < 4.78 is 15.7. The Kier molecular flexibility index (Phi) is 6.10. The van der Waals surface area contributed by atoms with E-state index in [1.807, 2.05) is 41.3 Å². The van der Waals surface area contributed by atoms with Gasteiger partial charge in [-0.05, 0) is 54.8 Å². The molecule has 2 saturated heterocycles. The van der Waals surface area contributed by atoms with Gasteiger partial charge >= 0.3 is 11.9 Å². The Morgan fingerprint density at radius 3 is 2.55 bits per heavy atom. The SMILES string of the molecule is O=C(O)C(=O)N1CCN(c2cccc(-c3cnc4ccc(N5CCCC5c5cccc(F)c5)nn34)n2)CC1. The molecule has 0 spiro atoms. The van der Waals surface area contributed by atoms with E-state index in [-0.39, 0.29) is 11.9 Å². The summed E-state index contributed by atoms with van der Waals surface area (Å²) in [5, 5.41) is 13.9. The summed E-state index contributed by atoms with van der Waals surface area (Å²) in [4.78, 5) is 37.7. The molecular formula is C27H26FN7O3. The van der Waals surface area contributed by atoms with Crippen molar-refractivity contribution in [2.24, 2.45) is 0 Å². The van der Waals surface area contributed by atoms with Crippen molar-refractivity contribution in [2.45, 2.75) is 18.9 Å². The smallest absolute Gasteiger partial charge is 0.394 e. The van der Waals surface area contributed by atoms with E-state index < -0.39 is 11.9 Å². The van der Waals surface area contributed by atoms with Crippen LogP contribution in [0.1, 0.15) is 24.4 Å². The second-order valence-corrected chi connectivity index (χ2v) is 9.48. The average Bonchev–Trinajstić information content (AvgIpc) is 3.60. The Balaban J connectivity index is 1.27. The predicted molar refractivity (Wildman–Crippen MR) is 138 cm³/mol. The van der Waals surface area contributed by atoms with Gasteiger partial charge in [0.15, 0.2) is 5.65 Å². The molecule has 0 radical (unpaired) electrons. The van der Waals surface area contributed by atoms with Gasteiger partial charge in [0, 0.05) is 32.7 Å². The molecule has 3 aromatic heterocycles. The molecule has 4 aromatic rings. The van der Waals surface area contributed by atoms with Crippen LogP contribution in [0.5, 0.6) is 0 Å². The maximum absolute atomic E-state index is 13.9. The summed E-state index contributed by atoms with van der Waals surface area (Å²) in [6.45, 7) is 2.44. The van der Waals surface area contributed by atoms with E-state index in [1.165, 1.54) is 11.0 Å². The van der Waals surface area contributed by atoms with Gasteiger partial charge in [0.1, 0.15) is 23.1 Å². The molecule has 2 fully saturated rings. The minimum absolute atomic E-state index is 0.0516. The van der Waals surface area contributed by atoms with E-state index in [0.717, 1.165) is 42.3 Å². The number of nitrogens with zero attached hydrogens (tertiary/aromatic N) is 7. The molecule has 0 saturated carbocycles. The van der Waals surface area contributed by atoms with Crippen LogP contribution in [-0.4, -0.2) is 74.2 Å². The number of rotatable bonds is 4. The van der Waals surface area contributed by atoms with Gasteiger partial charge < -0.3 is 19.8 Å². The van der Waals surface area contributed by atoms with E-state index >= 15 is 0 Å². The number of aliphatic carboxylic acids is 1. The van der Waals surface area contributed by atoms with Crippen LogP contribution in [0.25, 0.3) is 17.0 Å². The summed E-state index contributed by atoms with van der Waals surface area (Å²) in [6.07, 6.45) is 3.66. The van der Waals surface area contributed by atoms with Crippen molar-refractivity contribution in [3.63, 3.8) is 0 Å². The number of carbonyl (C=O) groups excluding carboxylic acids is 1. The molecule has 2 aliphatic heterocycles. The lowest BCUT2D eigenvalue weighted by atomic mass is 10.0. The largest absolute Gasteiger partial charge is 0.474 e. The summed E-state index contributed by atoms with van der Waals surface area (Å²) >= 11 is 0. The summed E-state index contributed by atoms with van der Waals surface area (Å²) in [7, 11) is 0. The summed E-state index contributed by atoms with van der Waals surface area (Å²) in [6, 6.07) is 16.4. The van der Waals surface area contributed by atoms with Gasteiger partial charge in [-0.25, -0.2) is 23.7 Å². The number of piperazine rings is 1. The van der Waals surface area contributed by atoms with Gasteiger partial charge in [0.05, 0.1) is 17.9 Å². The van der Waals surface area contributed by atoms with Gasteiger partial charge in [0.2, 0.25) is 0 Å². The third-order valence-corrected chi connectivity index (χ3v) is 7.20. The van der Waals surface area contributed by atoms with Crippen LogP contribution in [-0.2, 0) is 9.59 Å². The summed E-state index contributed by atoms with van der Waals surface area (Å²) in [5.74, 6) is -1.03. The van der Waals surface area contributed by atoms with E-state index in [0.29, 0.717) is 37.5 Å². The number of carbonyl (C=O) groups is 2. The van der Waals surface area contributed by atoms with Crippen molar-refractivity contribution in [3.8, 4) is 11.4 Å². The van der Waals surface area contributed by atoms with Crippen molar-refractivity contribution in [2.75, 3.05) is 42.5 Å². The van der Waals surface area contributed by atoms with Crippen LogP contribution >= 0.6 is 0 Å². The molecule has 11 heteroatoms. The number of imidazole rings is 1. The van der Waals surface area contributed by atoms with Gasteiger partial charge in [-0.2, -0.15) is 0 Å². The van der Waals surface area contributed by atoms with E-state index in [4.69, 9.17) is 15.2 Å². The normalized spacial score (nSPS) is 17.8. The van der Waals surface area contributed by atoms with Crippen molar-refractivity contribution in [3.05, 3.63) is 72.2 Å². The molecule has 1 amide bonds. The Morgan fingerprint density at radius 2 is 1.76 bits per heavy atom. The molecule has 0 bridgehead atoms. The second-order valence-electron chi connectivity index (χ2n) is 9.48. The molecule has 1 aromatic carbocycles. The van der Waals surface area contributed by atoms with E-state index in [1.54, 1.807) is 22.8 Å². The third-order valence-electron chi connectivity index (χ3n) is 7.20. The number of aromatic nitrogens is 4. The highest BCUT2D eigenvalue weighted by molar-refractivity contribution is 6.31. The molecule has 6 rings (SSSR count). The van der Waals surface area contributed by atoms with Gasteiger partial charge in [-0.15, -0.1) is 5.10 Å². The van der Waals surface area contributed by atoms with Gasteiger partial charge in [-0.3, -0.25) is 4.79 Å². The highest BCUT2D eigenvalue weighted by Gasteiger charge is 2.29. The first-order valence-corrected chi connectivity index (χ1v) is 12.6. The molecule has 1 unspecified atom stereocenters. The van der Waals surface area contributed by atoms with Crippen LogP contribution in [0.2, 0.25) is 0 Å². The number of anilines is 2. The Bertz CT molecular complexity index is 1520. The first-order valence-electron chi connectivity index (χ1n) is 12.6. The molecule has 194 valence electrons. The van der Waals surface area contributed by atoms with Crippen LogP contribution in [0.15, 0.2) is 60.8 Å². The summed E-state index contributed by atoms with van der Waals surface area (Å²) in [5.41, 5.74) is 3.07. The monoisotopic (exact) mass is 515 g/mol. The van der Waals surface area contributed by atoms with Crippen molar-refractivity contribution < 1.29 is 19.1 Å². The Labute approximate surface area is 217 Å². The molecular weight excluding hydrogens is 489 g/mol. The van der Waals surface area contributed by atoms with E-state index in [2.05, 4.69) is 9.88 Å². The van der Waals surface area contributed by atoms with Gasteiger partial charge in [0.25, 0.3) is 0 Å². The number of benzene rings is 1. The molecule has 1 N–H and O–H groups in total. The number of pyridine rings is 1. The first-order chi connectivity index (χ1) is 18.5. The molecule has 10 nitrogen and oxygen atoms in total. The minimum Gasteiger partial charge on any atom is -0.474 e. The lowest BCUT2D eigenvalue weighted by molar-refractivity contribution is -0.156. The number of fused-ring (bicyclic) bond motifs is 1.